The minimum absolute atomic E-state index is 0.0287. The predicted molar refractivity (Wildman–Crippen MR) is 129 cm³/mol. The molecule has 0 unspecified atom stereocenters. The highest BCUT2D eigenvalue weighted by molar-refractivity contribution is 5.89. The van der Waals surface area contributed by atoms with Crippen LogP contribution in [0.4, 0.5) is 5.82 Å². The topological polar surface area (TPSA) is 58.1 Å². The van der Waals surface area contributed by atoms with E-state index in [0.29, 0.717) is 26.1 Å². The van der Waals surface area contributed by atoms with Gasteiger partial charge in [-0.2, -0.15) is 0 Å². The summed E-state index contributed by atoms with van der Waals surface area (Å²) in [5.74, 6) is 1.72. The molecule has 1 amide bonds. The Balaban J connectivity index is 1.56. The summed E-state index contributed by atoms with van der Waals surface area (Å²) < 4.78 is 0. The van der Waals surface area contributed by atoms with Crippen LogP contribution in [-0.2, 0) is 24.3 Å². The number of benzene rings is 3. The Morgan fingerprint density at radius 2 is 1.50 bits per heavy atom. The van der Waals surface area contributed by atoms with E-state index in [9.17, 15) is 4.79 Å². The van der Waals surface area contributed by atoms with Crippen molar-refractivity contribution in [3.8, 4) is 0 Å². The molecule has 0 saturated carbocycles. The molecule has 0 atom stereocenters. The molecule has 0 aliphatic rings. The van der Waals surface area contributed by atoms with E-state index in [0.717, 1.165) is 34.5 Å². The van der Waals surface area contributed by atoms with Crippen molar-refractivity contribution in [2.24, 2.45) is 0 Å². The van der Waals surface area contributed by atoms with Gasteiger partial charge in [0.15, 0.2) is 0 Å². The normalized spacial score (nSPS) is 10.8. The van der Waals surface area contributed by atoms with Crippen LogP contribution in [0.1, 0.15) is 30.3 Å². The molecule has 0 spiro atoms. The highest BCUT2D eigenvalue weighted by Gasteiger charge is 2.16. The predicted octanol–water partition coefficient (Wildman–Crippen LogP) is 4.91. The molecule has 4 aromatic rings. The summed E-state index contributed by atoms with van der Waals surface area (Å²) in [4.78, 5) is 24.4. The second-order valence-electron chi connectivity index (χ2n) is 7.75. The van der Waals surface area contributed by atoms with Gasteiger partial charge in [0.05, 0.1) is 5.52 Å². The van der Waals surface area contributed by atoms with Crippen molar-refractivity contribution < 1.29 is 4.79 Å². The first kappa shape index (κ1) is 21.5. The van der Waals surface area contributed by atoms with E-state index in [4.69, 9.17) is 4.98 Å². The number of para-hydroxylation sites is 1. The Hall–Kier alpha value is -3.73. The average Bonchev–Trinajstić information content (AvgIpc) is 2.86. The number of amides is 1. The molecule has 0 aliphatic carbocycles. The Bertz CT molecular complexity index is 1160. The third kappa shape index (κ3) is 5.49. The fourth-order valence-corrected chi connectivity index (χ4v) is 3.69. The number of aryl methyl sites for hydroxylation is 1. The third-order valence-electron chi connectivity index (χ3n) is 5.40. The zero-order valence-corrected chi connectivity index (χ0v) is 18.4. The summed E-state index contributed by atoms with van der Waals surface area (Å²) in [6, 6.07) is 28.3. The van der Waals surface area contributed by atoms with E-state index in [1.165, 1.54) is 5.56 Å². The molecule has 0 saturated heterocycles. The summed E-state index contributed by atoms with van der Waals surface area (Å²) in [7, 11) is 0. The minimum atomic E-state index is 0.0287. The van der Waals surface area contributed by atoms with Crippen LogP contribution in [0.5, 0.6) is 0 Å². The van der Waals surface area contributed by atoms with Crippen molar-refractivity contribution in [1.82, 2.24) is 15.3 Å². The van der Waals surface area contributed by atoms with Crippen LogP contribution >= 0.6 is 0 Å². The van der Waals surface area contributed by atoms with Crippen molar-refractivity contribution in [2.75, 3.05) is 11.4 Å². The number of fused-ring (bicyclic) bond motifs is 1. The Labute approximate surface area is 189 Å². The fraction of sp³-hybridized carbons (Fsp3) is 0.222. The van der Waals surface area contributed by atoms with E-state index in [1.807, 2.05) is 66.7 Å². The number of anilines is 1. The first-order chi connectivity index (χ1) is 15.7. The molecule has 0 aliphatic heterocycles. The Morgan fingerprint density at radius 1 is 0.844 bits per heavy atom. The molecular weight excluding hydrogens is 396 g/mol. The lowest BCUT2D eigenvalue weighted by molar-refractivity contribution is -0.121. The monoisotopic (exact) mass is 424 g/mol. The molecule has 1 aromatic heterocycles. The van der Waals surface area contributed by atoms with Crippen LogP contribution in [0.2, 0.25) is 0 Å². The van der Waals surface area contributed by atoms with Gasteiger partial charge in [-0.3, -0.25) is 4.79 Å². The van der Waals surface area contributed by atoms with Gasteiger partial charge in [0.1, 0.15) is 11.6 Å². The Morgan fingerprint density at radius 3 is 2.22 bits per heavy atom. The van der Waals surface area contributed by atoms with Crippen LogP contribution in [-0.4, -0.2) is 22.4 Å². The molecule has 1 N–H and O–H groups in total. The highest BCUT2D eigenvalue weighted by Crippen LogP contribution is 2.26. The SMILES string of the molecule is CCc1nc(N(CCC(=O)NCc2ccccc2)Cc2ccccc2)c2ccccc2n1. The summed E-state index contributed by atoms with van der Waals surface area (Å²) in [5.41, 5.74) is 3.20. The number of nitrogens with one attached hydrogen (secondary N) is 1. The fourth-order valence-electron chi connectivity index (χ4n) is 3.69. The molecule has 3 aromatic carbocycles. The highest BCUT2D eigenvalue weighted by atomic mass is 16.1. The lowest BCUT2D eigenvalue weighted by Gasteiger charge is -2.25. The maximum Gasteiger partial charge on any atom is 0.222 e. The first-order valence-electron chi connectivity index (χ1n) is 11.1. The molecule has 4 rings (SSSR count). The largest absolute Gasteiger partial charge is 0.352 e. The maximum atomic E-state index is 12.6. The molecule has 5 heteroatoms. The number of rotatable bonds is 9. The molecule has 0 bridgehead atoms. The van der Waals surface area contributed by atoms with Crippen molar-refractivity contribution in [2.45, 2.75) is 32.9 Å². The second kappa shape index (κ2) is 10.5. The van der Waals surface area contributed by atoms with E-state index in [-0.39, 0.29) is 5.91 Å². The van der Waals surface area contributed by atoms with Crippen LogP contribution < -0.4 is 10.2 Å². The third-order valence-corrected chi connectivity index (χ3v) is 5.40. The van der Waals surface area contributed by atoms with Gasteiger partial charge in [-0.1, -0.05) is 79.7 Å². The smallest absolute Gasteiger partial charge is 0.222 e. The molecule has 32 heavy (non-hydrogen) atoms. The van der Waals surface area contributed by atoms with Gasteiger partial charge in [-0.25, -0.2) is 9.97 Å². The van der Waals surface area contributed by atoms with Gasteiger partial charge in [-0.05, 0) is 23.3 Å². The van der Waals surface area contributed by atoms with E-state index in [2.05, 4.69) is 40.3 Å². The molecule has 0 radical (unpaired) electrons. The summed E-state index contributed by atoms with van der Waals surface area (Å²) in [5, 5.41) is 4.04. The van der Waals surface area contributed by atoms with Crippen molar-refractivity contribution in [1.29, 1.82) is 0 Å². The van der Waals surface area contributed by atoms with E-state index in [1.54, 1.807) is 0 Å². The van der Waals surface area contributed by atoms with Gasteiger partial charge < -0.3 is 10.2 Å². The van der Waals surface area contributed by atoms with Gasteiger partial charge in [-0.15, -0.1) is 0 Å². The molecule has 0 fully saturated rings. The van der Waals surface area contributed by atoms with Crippen LogP contribution in [0.25, 0.3) is 10.9 Å². The van der Waals surface area contributed by atoms with Crippen LogP contribution in [0, 0.1) is 0 Å². The number of hydrogen-bond donors (Lipinski definition) is 1. The van der Waals surface area contributed by atoms with Crippen LogP contribution in [0.3, 0.4) is 0 Å². The first-order valence-corrected chi connectivity index (χ1v) is 11.1. The van der Waals surface area contributed by atoms with Crippen molar-refractivity contribution >= 4 is 22.6 Å². The summed E-state index contributed by atoms with van der Waals surface area (Å²) in [6.07, 6.45) is 1.15. The molecular formula is C27H28N4O. The molecule has 5 nitrogen and oxygen atoms in total. The van der Waals surface area contributed by atoms with E-state index < -0.39 is 0 Å². The maximum absolute atomic E-state index is 12.6. The number of hydrogen-bond acceptors (Lipinski definition) is 4. The number of carbonyl (C=O) groups is 1. The standard InChI is InChI=1S/C27H28N4O/c1-2-25-29-24-16-10-9-15-23(24)27(30-25)31(20-22-13-7-4-8-14-22)18-17-26(32)28-19-21-11-5-3-6-12-21/h3-16H,2,17-20H2,1H3,(H,28,32). The quantitative estimate of drug-likeness (QED) is 0.415. The summed E-state index contributed by atoms with van der Waals surface area (Å²) in [6.45, 7) is 3.85. The van der Waals surface area contributed by atoms with Crippen molar-refractivity contribution in [3.63, 3.8) is 0 Å². The van der Waals surface area contributed by atoms with Gasteiger partial charge in [0, 0.05) is 37.9 Å². The molecule has 1 heterocycles. The lowest BCUT2D eigenvalue weighted by atomic mass is 10.1. The van der Waals surface area contributed by atoms with Crippen molar-refractivity contribution in [3.05, 3.63) is 102 Å². The second-order valence-corrected chi connectivity index (χ2v) is 7.75. The van der Waals surface area contributed by atoms with Crippen LogP contribution in [0.15, 0.2) is 84.9 Å². The zero-order chi connectivity index (χ0) is 22.2. The van der Waals surface area contributed by atoms with Gasteiger partial charge >= 0.3 is 0 Å². The number of carbonyl (C=O) groups excluding carboxylic acids is 1. The minimum Gasteiger partial charge on any atom is -0.352 e. The zero-order valence-electron chi connectivity index (χ0n) is 18.4. The van der Waals surface area contributed by atoms with Gasteiger partial charge in [0.25, 0.3) is 0 Å². The summed E-state index contributed by atoms with van der Waals surface area (Å²) >= 11 is 0. The van der Waals surface area contributed by atoms with Gasteiger partial charge in [0.2, 0.25) is 5.91 Å². The molecule has 162 valence electrons. The Kier molecular flexibility index (Phi) is 7.08. The van der Waals surface area contributed by atoms with E-state index >= 15 is 0 Å². The average molecular weight is 425 g/mol. The number of nitrogens with zero attached hydrogens (tertiary/aromatic N) is 3. The number of aromatic nitrogens is 2. The lowest BCUT2D eigenvalue weighted by Crippen LogP contribution is -2.31.